The molecule has 2 atom stereocenters. The fourth-order valence-corrected chi connectivity index (χ4v) is 3.37. The molecule has 5 N–H and O–H groups in total. The summed E-state index contributed by atoms with van der Waals surface area (Å²) in [6.07, 6.45) is -5.12. The van der Waals surface area contributed by atoms with E-state index in [1.807, 2.05) is 0 Å². The van der Waals surface area contributed by atoms with Crippen LogP contribution in [0.1, 0.15) is 23.4 Å². The second-order valence-corrected chi connectivity index (χ2v) is 7.38. The molecule has 0 aliphatic carbocycles. The van der Waals surface area contributed by atoms with E-state index in [1.54, 1.807) is 0 Å². The fraction of sp³-hybridized carbons (Fsp3) is 0.462. The number of benzene rings is 1. The van der Waals surface area contributed by atoms with Gasteiger partial charge in [-0.25, -0.2) is 4.79 Å². The lowest BCUT2D eigenvalue weighted by molar-refractivity contribution is -0.143. The molecule has 11 heteroatoms. The Labute approximate surface area is 135 Å². The van der Waals surface area contributed by atoms with E-state index in [0.717, 1.165) is 12.1 Å². The predicted octanol–water partition coefficient (Wildman–Crippen LogP) is 1.78. The second kappa shape index (κ2) is 7.98. The molecule has 0 spiro atoms. The molecule has 0 heterocycles. The number of aliphatic carboxylic acids is 1. The Kier molecular flexibility index (Phi) is 6.79. The van der Waals surface area contributed by atoms with Gasteiger partial charge in [-0.1, -0.05) is 6.07 Å². The number of carbonyl (C=O) groups is 1. The average molecular weight is 371 g/mol. The van der Waals surface area contributed by atoms with Crippen LogP contribution in [0, 0.1) is 0 Å². The first-order valence-electron chi connectivity index (χ1n) is 6.74. The molecule has 0 aromatic heterocycles. The van der Waals surface area contributed by atoms with E-state index < -0.39 is 48.8 Å². The molecule has 0 radical (unpaired) electrons. The second-order valence-electron chi connectivity index (χ2n) is 4.93. The molecular weight excluding hydrogens is 354 g/mol. The van der Waals surface area contributed by atoms with Gasteiger partial charge < -0.3 is 25.6 Å². The minimum atomic E-state index is -4.90. The van der Waals surface area contributed by atoms with Crippen LogP contribution in [0.15, 0.2) is 18.2 Å². The summed E-state index contributed by atoms with van der Waals surface area (Å²) in [5.74, 6) is -4.23. The van der Waals surface area contributed by atoms with Gasteiger partial charge in [0.1, 0.15) is 5.75 Å². The monoisotopic (exact) mass is 371 g/mol. The molecule has 1 aromatic carbocycles. The first kappa shape index (κ1) is 20.4. The number of alkyl halides is 3. The molecule has 1 rings (SSSR count). The lowest BCUT2D eigenvalue weighted by Crippen LogP contribution is -2.15. The maximum atomic E-state index is 13.1. The zero-order valence-corrected chi connectivity index (χ0v) is 13.3. The first-order valence-corrected chi connectivity index (χ1v) is 8.66. The van der Waals surface area contributed by atoms with Crippen molar-refractivity contribution in [3.05, 3.63) is 29.3 Å². The number of hydrogen-bond donors (Lipinski definition) is 4. The van der Waals surface area contributed by atoms with Gasteiger partial charge in [-0.2, -0.15) is 13.2 Å². The number of nitrogens with two attached hydrogens (primary N) is 1. The van der Waals surface area contributed by atoms with E-state index in [2.05, 4.69) is 4.74 Å². The van der Waals surface area contributed by atoms with Crippen molar-refractivity contribution in [1.29, 1.82) is 0 Å². The van der Waals surface area contributed by atoms with Crippen molar-refractivity contribution >= 4 is 13.3 Å². The molecule has 0 amide bonds. The summed E-state index contributed by atoms with van der Waals surface area (Å²) in [6.45, 7) is -0.896. The molecule has 0 fully saturated rings. The lowest BCUT2D eigenvalue weighted by Gasteiger charge is -2.20. The number of carboxylic acids is 1. The van der Waals surface area contributed by atoms with E-state index in [4.69, 9.17) is 10.8 Å². The Morgan fingerprint density at radius 2 is 2.00 bits per heavy atom. The molecule has 136 valence electrons. The van der Waals surface area contributed by atoms with Crippen molar-refractivity contribution in [3.63, 3.8) is 0 Å². The van der Waals surface area contributed by atoms with Gasteiger partial charge in [-0.15, -0.1) is 0 Å². The quantitative estimate of drug-likeness (QED) is 0.513. The lowest BCUT2D eigenvalue weighted by atomic mass is 10.1. The largest absolute Gasteiger partial charge is 0.481 e. The standard InChI is InChI=1S/C13H17F3NO6P/c14-13(15,16)9-6-8(2-3-10(9)23-7-11(18)19)12(20)24(21,22)5-1-4-17/h2-3,6,12,20H,1,4-5,7,17H2,(H,18,19)(H,21,22). The van der Waals surface area contributed by atoms with Crippen molar-refractivity contribution in [2.75, 3.05) is 19.3 Å². The highest BCUT2D eigenvalue weighted by atomic mass is 31.2. The topological polar surface area (TPSA) is 130 Å². The summed E-state index contributed by atoms with van der Waals surface area (Å²) in [7, 11) is -4.17. The van der Waals surface area contributed by atoms with E-state index in [9.17, 15) is 32.5 Å². The zero-order valence-electron chi connectivity index (χ0n) is 12.4. The third-order valence-electron chi connectivity index (χ3n) is 3.02. The van der Waals surface area contributed by atoms with Crippen LogP contribution in [0.25, 0.3) is 0 Å². The molecule has 0 aliphatic heterocycles. The van der Waals surface area contributed by atoms with Gasteiger partial charge in [0.25, 0.3) is 0 Å². The fourth-order valence-electron chi connectivity index (χ4n) is 1.87. The molecule has 0 saturated heterocycles. The van der Waals surface area contributed by atoms with Gasteiger partial charge in [0.05, 0.1) is 5.56 Å². The van der Waals surface area contributed by atoms with Crippen LogP contribution in [-0.2, 0) is 15.5 Å². The summed E-state index contributed by atoms with van der Waals surface area (Å²) < 4.78 is 55.7. The third kappa shape index (κ3) is 5.48. The molecule has 7 nitrogen and oxygen atoms in total. The molecule has 0 bridgehead atoms. The predicted molar refractivity (Wildman–Crippen MR) is 77.9 cm³/mol. The number of hydrogen-bond acceptors (Lipinski definition) is 5. The average Bonchev–Trinajstić information content (AvgIpc) is 2.49. The maximum absolute atomic E-state index is 13.1. The number of aliphatic hydroxyl groups excluding tert-OH is 1. The van der Waals surface area contributed by atoms with Gasteiger partial charge >= 0.3 is 12.1 Å². The van der Waals surface area contributed by atoms with Crippen molar-refractivity contribution in [1.82, 2.24) is 0 Å². The minimum absolute atomic E-state index is 0.0903. The number of rotatable bonds is 8. The molecule has 1 aromatic rings. The Morgan fingerprint density at radius 3 is 2.50 bits per heavy atom. The van der Waals surface area contributed by atoms with Crippen LogP contribution < -0.4 is 10.5 Å². The van der Waals surface area contributed by atoms with Gasteiger partial charge in [0.15, 0.2) is 12.5 Å². The van der Waals surface area contributed by atoms with E-state index in [1.165, 1.54) is 0 Å². The summed E-state index contributed by atoms with van der Waals surface area (Å²) >= 11 is 0. The number of ether oxygens (including phenoxy) is 1. The zero-order chi connectivity index (χ0) is 18.5. The van der Waals surface area contributed by atoms with Crippen LogP contribution >= 0.6 is 7.37 Å². The third-order valence-corrected chi connectivity index (χ3v) is 5.04. The van der Waals surface area contributed by atoms with Crippen molar-refractivity contribution in [3.8, 4) is 5.75 Å². The Morgan fingerprint density at radius 1 is 1.38 bits per heavy atom. The molecule has 0 aliphatic rings. The van der Waals surface area contributed by atoms with E-state index >= 15 is 0 Å². The first-order chi connectivity index (χ1) is 11.0. The normalized spacial score (nSPS) is 15.6. The molecule has 2 unspecified atom stereocenters. The Bertz CT molecular complexity index is 637. The summed E-state index contributed by atoms with van der Waals surface area (Å²) in [5, 5.41) is 18.4. The summed E-state index contributed by atoms with van der Waals surface area (Å²) in [4.78, 5) is 20.2. The van der Waals surface area contributed by atoms with Crippen LogP contribution in [0.2, 0.25) is 0 Å². The SMILES string of the molecule is NCCCP(=O)(O)C(O)c1ccc(OCC(=O)O)c(C(F)(F)F)c1. The minimum Gasteiger partial charge on any atom is -0.481 e. The smallest absolute Gasteiger partial charge is 0.419 e. The summed E-state index contributed by atoms with van der Waals surface area (Å²) in [6, 6.07) is 2.24. The van der Waals surface area contributed by atoms with Gasteiger partial charge in [-0.05, 0) is 30.7 Å². The summed E-state index contributed by atoms with van der Waals surface area (Å²) in [5.41, 5.74) is 3.43. The number of aliphatic hydroxyl groups is 1. The van der Waals surface area contributed by atoms with Crippen molar-refractivity contribution in [2.45, 2.75) is 18.4 Å². The number of halogens is 3. The van der Waals surface area contributed by atoms with Crippen LogP contribution in [0.4, 0.5) is 13.2 Å². The Balaban J connectivity index is 3.18. The highest BCUT2D eigenvalue weighted by molar-refractivity contribution is 7.58. The van der Waals surface area contributed by atoms with Gasteiger partial charge in [0.2, 0.25) is 7.37 Å². The van der Waals surface area contributed by atoms with Crippen LogP contribution in [0.5, 0.6) is 5.75 Å². The highest BCUT2D eigenvalue weighted by Gasteiger charge is 2.37. The van der Waals surface area contributed by atoms with Gasteiger partial charge in [0, 0.05) is 6.16 Å². The maximum Gasteiger partial charge on any atom is 0.419 e. The van der Waals surface area contributed by atoms with Crippen molar-refractivity contribution in [2.24, 2.45) is 5.73 Å². The van der Waals surface area contributed by atoms with E-state index in [0.29, 0.717) is 6.07 Å². The molecular formula is C13H17F3NO6P. The van der Waals surface area contributed by atoms with Crippen LogP contribution in [-0.4, -0.2) is 40.4 Å². The highest BCUT2D eigenvalue weighted by Crippen LogP contribution is 2.55. The Hall–Kier alpha value is -1.61. The van der Waals surface area contributed by atoms with Gasteiger partial charge in [-0.3, -0.25) is 4.57 Å². The van der Waals surface area contributed by atoms with Crippen molar-refractivity contribution < 1.29 is 42.4 Å². The van der Waals surface area contributed by atoms with E-state index in [-0.39, 0.29) is 19.1 Å². The number of carboxylic acid groups (broad SMARTS) is 1. The van der Waals surface area contributed by atoms with Crippen LogP contribution in [0.3, 0.4) is 0 Å². The molecule has 0 saturated carbocycles. The molecule has 24 heavy (non-hydrogen) atoms.